The molecule has 1 aliphatic rings. The zero-order valence-electron chi connectivity index (χ0n) is 14.7. The standard InChI is InChI=1S/C19H24BNO3/c1-18(2)19(3,4)24-20(23-18)15-10-16(21)12-17(11-15)22-13-14-8-6-5-7-9-14/h5-12H,13,21H2,1-4H3. The Hall–Kier alpha value is -1.98. The lowest BCUT2D eigenvalue weighted by atomic mass is 9.79. The maximum atomic E-state index is 6.09. The van der Waals surface area contributed by atoms with Crippen LogP contribution in [0.5, 0.6) is 5.75 Å². The number of hydrogen-bond acceptors (Lipinski definition) is 4. The summed E-state index contributed by atoms with van der Waals surface area (Å²) in [7, 11) is -0.447. The number of benzene rings is 2. The van der Waals surface area contributed by atoms with Crippen molar-refractivity contribution in [3.63, 3.8) is 0 Å². The Morgan fingerprint density at radius 2 is 1.58 bits per heavy atom. The number of ether oxygens (including phenoxy) is 1. The molecule has 3 rings (SSSR count). The maximum Gasteiger partial charge on any atom is 0.495 e. The van der Waals surface area contributed by atoms with Crippen LogP contribution in [0.2, 0.25) is 0 Å². The molecule has 5 heteroatoms. The van der Waals surface area contributed by atoms with Crippen molar-refractivity contribution < 1.29 is 14.0 Å². The second-order valence-electron chi connectivity index (χ2n) is 7.20. The molecule has 0 bridgehead atoms. The molecule has 1 saturated heterocycles. The largest absolute Gasteiger partial charge is 0.495 e. The van der Waals surface area contributed by atoms with Gasteiger partial charge in [-0.25, -0.2) is 0 Å². The van der Waals surface area contributed by atoms with Gasteiger partial charge in [0.1, 0.15) is 12.4 Å². The third-order valence-corrected chi connectivity index (χ3v) is 4.72. The fourth-order valence-corrected chi connectivity index (χ4v) is 2.59. The number of nitrogens with two attached hydrogens (primary N) is 1. The van der Waals surface area contributed by atoms with Gasteiger partial charge in [-0.2, -0.15) is 0 Å². The van der Waals surface area contributed by atoms with Gasteiger partial charge in [0.05, 0.1) is 11.2 Å². The van der Waals surface area contributed by atoms with Gasteiger partial charge in [0.25, 0.3) is 0 Å². The summed E-state index contributed by atoms with van der Waals surface area (Å²) in [6.07, 6.45) is 0. The van der Waals surface area contributed by atoms with Crippen molar-refractivity contribution in [2.75, 3.05) is 5.73 Å². The van der Waals surface area contributed by atoms with E-state index < -0.39 is 7.12 Å². The lowest BCUT2D eigenvalue weighted by Gasteiger charge is -2.32. The van der Waals surface area contributed by atoms with Crippen LogP contribution in [0.25, 0.3) is 0 Å². The SMILES string of the molecule is CC1(C)OB(c2cc(N)cc(OCc3ccccc3)c2)OC1(C)C. The monoisotopic (exact) mass is 325 g/mol. The molecule has 0 spiro atoms. The number of nitrogen functional groups attached to an aromatic ring is 1. The molecule has 2 aromatic rings. The summed E-state index contributed by atoms with van der Waals surface area (Å²) in [5.41, 5.74) is 7.89. The average molecular weight is 325 g/mol. The summed E-state index contributed by atoms with van der Waals surface area (Å²) in [6.45, 7) is 8.63. The van der Waals surface area contributed by atoms with Gasteiger partial charge in [-0.05, 0) is 50.9 Å². The predicted molar refractivity (Wildman–Crippen MR) is 97.3 cm³/mol. The zero-order valence-corrected chi connectivity index (χ0v) is 14.7. The third kappa shape index (κ3) is 3.42. The van der Waals surface area contributed by atoms with Crippen molar-refractivity contribution in [2.45, 2.75) is 45.5 Å². The van der Waals surface area contributed by atoms with Crippen LogP contribution in [0.15, 0.2) is 48.5 Å². The quantitative estimate of drug-likeness (QED) is 0.693. The second kappa shape index (κ2) is 6.15. The van der Waals surface area contributed by atoms with Crippen LogP contribution < -0.4 is 15.9 Å². The summed E-state index contributed by atoms with van der Waals surface area (Å²) in [5.74, 6) is 0.712. The molecule has 2 N–H and O–H groups in total. The molecule has 0 unspecified atom stereocenters. The fourth-order valence-electron chi connectivity index (χ4n) is 2.59. The van der Waals surface area contributed by atoms with Crippen molar-refractivity contribution in [3.05, 3.63) is 54.1 Å². The Balaban J connectivity index is 1.77. The second-order valence-corrected chi connectivity index (χ2v) is 7.20. The van der Waals surface area contributed by atoms with Crippen LogP contribution in [0.1, 0.15) is 33.3 Å². The van der Waals surface area contributed by atoms with Crippen molar-refractivity contribution in [3.8, 4) is 5.75 Å². The van der Waals surface area contributed by atoms with Crippen molar-refractivity contribution in [1.29, 1.82) is 0 Å². The van der Waals surface area contributed by atoms with Crippen LogP contribution >= 0.6 is 0 Å². The molecule has 0 aliphatic carbocycles. The van der Waals surface area contributed by atoms with Crippen LogP contribution in [0.4, 0.5) is 5.69 Å². The normalized spacial score (nSPS) is 18.6. The van der Waals surface area contributed by atoms with Crippen molar-refractivity contribution in [2.24, 2.45) is 0 Å². The molecule has 2 aromatic carbocycles. The highest BCUT2D eigenvalue weighted by Gasteiger charge is 2.51. The molecule has 126 valence electrons. The first-order chi connectivity index (χ1) is 11.3. The van der Waals surface area contributed by atoms with Crippen molar-refractivity contribution >= 4 is 18.3 Å². The fraction of sp³-hybridized carbons (Fsp3) is 0.368. The lowest BCUT2D eigenvalue weighted by molar-refractivity contribution is 0.00578. The number of rotatable bonds is 4. The minimum atomic E-state index is -0.447. The van der Waals surface area contributed by atoms with E-state index in [1.165, 1.54) is 0 Å². The van der Waals surface area contributed by atoms with E-state index in [0.717, 1.165) is 11.0 Å². The molecular formula is C19H24BNO3. The van der Waals surface area contributed by atoms with E-state index >= 15 is 0 Å². The first kappa shape index (κ1) is 16.9. The highest BCUT2D eigenvalue weighted by atomic mass is 16.7. The molecule has 24 heavy (non-hydrogen) atoms. The number of anilines is 1. The summed E-state index contributed by atoms with van der Waals surface area (Å²) in [4.78, 5) is 0. The van der Waals surface area contributed by atoms with Gasteiger partial charge in [-0.15, -0.1) is 0 Å². The molecule has 1 heterocycles. The minimum Gasteiger partial charge on any atom is -0.489 e. The number of hydrogen-bond donors (Lipinski definition) is 1. The molecule has 0 atom stereocenters. The van der Waals surface area contributed by atoms with Gasteiger partial charge < -0.3 is 19.8 Å². The molecular weight excluding hydrogens is 301 g/mol. The summed E-state index contributed by atoms with van der Waals surface area (Å²) >= 11 is 0. The Bertz CT molecular complexity index is 700. The summed E-state index contributed by atoms with van der Waals surface area (Å²) < 4.78 is 18.1. The third-order valence-electron chi connectivity index (χ3n) is 4.72. The molecule has 4 nitrogen and oxygen atoms in total. The predicted octanol–water partition coefficient (Wildman–Crippen LogP) is 3.15. The highest BCUT2D eigenvalue weighted by molar-refractivity contribution is 6.62. The van der Waals surface area contributed by atoms with Gasteiger partial charge >= 0.3 is 7.12 Å². The Labute approximate surface area is 144 Å². The molecule has 0 saturated carbocycles. The molecule has 0 aromatic heterocycles. The topological polar surface area (TPSA) is 53.7 Å². The van der Waals surface area contributed by atoms with E-state index in [9.17, 15) is 0 Å². The van der Waals surface area contributed by atoms with E-state index in [1.54, 1.807) is 0 Å². The van der Waals surface area contributed by atoms with Crippen LogP contribution in [-0.4, -0.2) is 18.3 Å². The first-order valence-electron chi connectivity index (χ1n) is 8.20. The van der Waals surface area contributed by atoms with Gasteiger partial charge in [-0.1, -0.05) is 30.3 Å². The minimum absolute atomic E-state index is 0.382. The Morgan fingerprint density at radius 1 is 0.958 bits per heavy atom. The van der Waals surface area contributed by atoms with Gasteiger partial charge in [0, 0.05) is 11.8 Å². The molecule has 0 radical (unpaired) electrons. The van der Waals surface area contributed by atoms with Crippen molar-refractivity contribution in [1.82, 2.24) is 0 Å². The van der Waals surface area contributed by atoms with E-state index in [-0.39, 0.29) is 11.2 Å². The maximum absolute atomic E-state index is 6.09. The lowest BCUT2D eigenvalue weighted by Crippen LogP contribution is -2.41. The summed E-state index contributed by atoms with van der Waals surface area (Å²) in [6, 6.07) is 15.7. The molecule has 1 aliphatic heterocycles. The van der Waals surface area contributed by atoms with Gasteiger partial charge in [0.15, 0.2) is 0 Å². The molecule has 0 amide bonds. The van der Waals surface area contributed by atoms with E-state index in [2.05, 4.69) is 0 Å². The van der Waals surface area contributed by atoms with Crippen LogP contribution in [0.3, 0.4) is 0 Å². The van der Waals surface area contributed by atoms with E-state index in [1.807, 2.05) is 76.2 Å². The van der Waals surface area contributed by atoms with E-state index in [0.29, 0.717) is 18.0 Å². The highest BCUT2D eigenvalue weighted by Crippen LogP contribution is 2.36. The average Bonchev–Trinajstić information content (AvgIpc) is 2.74. The van der Waals surface area contributed by atoms with Gasteiger partial charge in [0.2, 0.25) is 0 Å². The van der Waals surface area contributed by atoms with Crippen LogP contribution in [0, 0.1) is 0 Å². The first-order valence-corrected chi connectivity index (χ1v) is 8.20. The molecule has 1 fully saturated rings. The van der Waals surface area contributed by atoms with E-state index in [4.69, 9.17) is 19.8 Å². The smallest absolute Gasteiger partial charge is 0.489 e. The van der Waals surface area contributed by atoms with Crippen LogP contribution in [-0.2, 0) is 15.9 Å². The Kier molecular flexibility index (Phi) is 4.32. The Morgan fingerprint density at radius 3 is 2.21 bits per heavy atom. The van der Waals surface area contributed by atoms with Gasteiger partial charge in [-0.3, -0.25) is 0 Å². The summed E-state index contributed by atoms with van der Waals surface area (Å²) in [5, 5.41) is 0. The zero-order chi connectivity index (χ0) is 17.4.